The molecule has 0 aromatic heterocycles. The van der Waals surface area contributed by atoms with Gasteiger partial charge < -0.3 is 16.0 Å². The van der Waals surface area contributed by atoms with Gasteiger partial charge in [-0.1, -0.05) is 19.3 Å². The minimum absolute atomic E-state index is 0.122. The molecule has 2 rings (SSSR count). The summed E-state index contributed by atoms with van der Waals surface area (Å²) in [5.74, 6) is -0.213. The van der Waals surface area contributed by atoms with E-state index in [2.05, 4.69) is 21.3 Å². The van der Waals surface area contributed by atoms with Crippen molar-refractivity contribution in [2.24, 2.45) is 0 Å². The molecule has 1 aliphatic carbocycles. The van der Waals surface area contributed by atoms with E-state index in [1.165, 1.54) is 6.42 Å². The first kappa shape index (κ1) is 14.3. The first-order valence-electron chi connectivity index (χ1n) is 7.28. The molecule has 0 radical (unpaired) electrons. The fourth-order valence-electron chi connectivity index (χ4n) is 2.73. The zero-order valence-electron chi connectivity index (χ0n) is 11.3. The third kappa shape index (κ3) is 5.16. The van der Waals surface area contributed by atoms with E-state index in [4.69, 9.17) is 0 Å². The first-order chi connectivity index (χ1) is 9.24. The number of hydrogen-bond acceptors (Lipinski definition) is 4. The Kier molecular flexibility index (Phi) is 5.60. The van der Waals surface area contributed by atoms with Gasteiger partial charge in [0, 0.05) is 38.1 Å². The van der Waals surface area contributed by atoms with Crippen molar-refractivity contribution in [2.75, 3.05) is 19.6 Å². The summed E-state index contributed by atoms with van der Waals surface area (Å²) in [5, 5.41) is 11.8. The molecular formula is C13H24N4O2. The number of rotatable bonds is 3. The Morgan fingerprint density at radius 1 is 1.11 bits per heavy atom. The molecule has 1 atom stereocenters. The minimum Gasteiger partial charge on any atom is -0.335 e. The van der Waals surface area contributed by atoms with E-state index >= 15 is 0 Å². The summed E-state index contributed by atoms with van der Waals surface area (Å²) >= 11 is 0. The molecule has 1 saturated carbocycles. The van der Waals surface area contributed by atoms with Crippen molar-refractivity contribution >= 4 is 11.9 Å². The number of hydrogen-bond donors (Lipinski definition) is 4. The molecule has 6 heteroatoms. The molecule has 1 unspecified atom stereocenters. The lowest BCUT2D eigenvalue weighted by molar-refractivity contribution is -0.120. The Morgan fingerprint density at radius 3 is 2.58 bits per heavy atom. The number of amides is 3. The third-order valence-corrected chi connectivity index (χ3v) is 3.75. The minimum atomic E-state index is -0.347. The SMILES string of the molecule is O=C(CC1CNCCN1)NC(=O)NC1CCCCC1. The van der Waals surface area contributed by atoms with Crippen molar-refractivity contribution in [2.45, 2.75) is 50.6 Å². The molecule has 6 nitrogen and oxygen atoms in total. The number of imide groups is 1. The van der Waals surface area contributed by atoms with Gasteiger partial charge in [0.15, 0.2) is 0 Å². The number of piperazine rings is 1. The maximum Gasteiger partial charge on any atom is 0.321 e. The molecule has 1 heterocycles. The van der Waals surface area contributed by atoms with Crippen LogP contribution < -0.4 is 21.3 Å². The summed E-state index contributed by atoms with van der Waals surface area (Å²) in [7, 11) is 0. The lowest BCUT2D eigenvalue weighted by atomic mass is 9.96. The Labute approximate surface area is 114 Å². The fourth-order valence-corrected chi connectivity index (χ4v) is 2.73. The molecule has 3 amide bonds. The molecule has 1 saturated heterocycles. The molecule has 0 bridgehead atoms. The van der Waals surface area contributed by atoms with E-state index in [-0.39, 0.29) is 24.0 Å². The zero-order chi connectivity index (χ0) is 13.5. The highest BCUT2D eigenvalue weighted by Gasteiger charge is 2.19. The van der Waals surface area contributed by atoms with E-state index in [0.29, 0.717) is 6.42 Å². The Bertz CT molecular complexity index is 280. The molecule has 1 aliphatic heterocycles. The smallest absolute Gasteiger partial charge is 0.321 e. The number of urea groups is 1. The molecule has 0 aromatic carbocycles. The molecule has 2 aliphatic rings. The highest BCUT2D eigenvalue weighted by atomic mass is 16.2. The second-order valence-electron chi connectivity index (χ2n) is 5.42. The van der Waals surface area contributed by atoms with E-state index < -0.39 is 0 Å². The van der Waals surface area contributed by atoms with E-state index in [1.54, 1.807) is 0 Å². The maximum atomic E-state index is 11.7. The quantitative estimate of drug-likeness (QED) is 0.585. The number of carbonyl (C=O) groups is 2. The first-order valence-corrected chi connectivity index (χ1v) is 7.28. The summed E-state index contributed by atoms with van der Waals surface area (Å²) < 4.78 is 0. The topological polar surface area (TPSA) is 82.3 Å². The molecule has 0 aromatic rings. The second kappa shape index (κ2) is 7.45. The zero-order valence-corrected chi connectivity index (χ0v) is 11.3. The van der Waals surface area contributed by atoms with Crippen LogP contribution in [-0.4, -0.2) is 43.7 Å². The van der Waals surface area contributed by atoms with Crippen LogP contribution in [0.4, 0.5) is 4.79 Å². The van der Waals surface area contributed by atoms with Crippen LogP contribution in [0, 0.1) is 0 Å². The van der Waals surface area contributed by atoms with Crippen LogP contribution in [0.3, 0.4) is 0 Å². The average Bonchev–Trinajstić information content (AvgIpc) is 2.40. The van der Waals surface area contributed by atoms with Crippen molar-refractivity contribution in [3.63, 3.8) is 0 Å². The van der Waals surface area contributed by atoms with Crippen LogP contribution in [0.2, 0.25) is 0 Å². The lowest BCUT2D eigenvalue weighted by Gasteiger charge is -2.25. The van der Waals surface area contributed by atoms with Crippen LogP contribution in [0.1, 0.15) is 38.5 Å². The molecule has 0 spiro atoms. The standard InChI is InChI=1S/C13H24N4O2/c18-12(8-11-9-14-6-7-15-11)17-13(19)16-10-4-2-1-3-5-10/h10-11,14-15H,1-9H2,(H2,16,17,18,19). The predicted molar refractivity (Wildman–Crippen MR) is 72.8 cm³/mol. The lowest BCUT2D eigenvalue weighted by Crippen LogP contribution is -2.51. The van der Waals surface area contributed by atoms with Crippen LogP contribution in [0.5, 0.6) is 0 Å². The van der Waals surface area contributed by atoms with E-state index in [9.17, 15) is 9.59 Å². The van der Waals surface area contributed by atoms with Crippen molar-refractivity contribution in [3.8, 4) is 0 Å². The molecule has 2 fully saturated rings. The van der Waals surface area contributed by atoms with E-state index in [1.807, 2.05) is 0 Å². The number of carbonyl (C=O) groups excluding carboxylic acids is 2. The highest BCUT2D eigenvalue weighted by molar-refractivity contribution is 5.94. The Morgan fingerprint density at radius 2 is 1.89 bits per heavy atom. The normalized spacial score (nSPS) is 24.7. The fraction of sp³-hybridized carbons (Fsp3) is 0.846. The Hall–Kier alpha value is -1.14. The van der Waals surface area contributed by atoms with Gasteiger partial charge in [-0.15, -0.1) is 0 Å². The maximum absolute atomic E-state index is 11.7. The monoisotopic (exact) mass is 268 g/mol. The van der Waals surface area contributed by atoms with Gasteiger partial charge in [0.05, 0.1) is 0 Å². The van der Waals surface area contributed by atoms with Crippen molar-refractivity contribution < 1.29 is 9.59 Å². The molecular weight excluding hydrogens is 244 g/mol. The van der Waals surface area contributed by atoms with Crippen molar-refractivity contribution in [3.05, 3.63) is 0 Å². The van der Waals surface area contributed by atoms with Crippen LogP contribution >= 0.6 is 0 Å². The Balaban J connectivity index is 1.64. The van der Waals surface area contributed by atoms with Crippen molar-refractivity contribution in [1.29, 1.82) is 0 Å². The highest BCUT2D eigenvalue weighted by Crippen LogP contribution is 2.17. The summed E-state index contributed by atoms with van der Waals surface area (Å²) in [5.41, 5.74) is 0. The summed E-state index contributed by atoms with van der Waals surface area (Å²) in [6, 6.07) is 0.00733. The molecule has 4 N–H and O–H groups in total. The summed E-state index contributed by atoms with van der Waals surface area (Å²) in [4.78, 5) is 23.4. The summed E-state index contributed by atoms with van der Waals surface area (Å²) in [6.07, 6.45) is 5.96. The largest absolute Gasteiger partial charge is 0.335 e. The molecule has 19 heavy (non-hydrogen) atoms. The van der Waals surface area contributed by atoms with Gasteiger partial charge in [-0.3, -0.25) is 10.1 Å². The third-order valence-electron chi connectivity index (χ3n) is 3.75. The summed E-state index contributed by atoms with van der Waals surface area (Å²) in [6.45, 7) is 2.57. The number of nitrogens with one attached hydrogen (secondary N) is 4. The predicted octanol–water partition coefficient (Wildman–Crippen LogP) is 0.0964. The van der Waals surface area contributed by atoms with Gasteiger partial charge in [-0.05, 0) is 12.8 Å². The van der Waals surface area contributed by atoms with Gasteiger partial charge in [-0.25, -0.2) is 4.79 Å². The average molecular weight is 268 g/mol. The van der Waals surface area contributed by atoms with Gasteiger partial charge in [0.1, 0.15) is 0 Å². The van der Waals surface area contributed by atoms with Crippen LogP contribution in [0.25, 0.3) is 0 Å². The van der Waals surface area contributed by atoms with Crippen molar-refractivity contribution in [1.82, 2.24) is 21.3 Å². The van der Waals surface area contributed by atoms with Gasteiger partial charge >= 0.3 is 6.03 Å². The van der Waals surface area contributed by atoms with Gasteiger partial charge in [-0.2, -0.15) is 0 Å². The van der Waals surface area contributed by atoms with E-state index in [0.717, 1.165) is 45.3 Å². The van der Waals surface area contributed by atoms with Gasteiger partial charge in [0.25, 0.3) is 0 Å². The van der Waals surface area contributed by atoms with Gasteiger partial charge in [0.2, 0.25) is 5.91 Å². The molecule has 108 valence electrons. The second-order valence-corrected chi connectivity index (χ2v) is 5.42. The van der Waals surface area contributed by atoms with Crippen LogP contribution in [-0.2, 0) is 4.79 Å². The van der Waals surface area contributed by atoms with Crippen LogP contribution in [0.15, 0.2) is 0 Å².